The van der Waals surface area contributed by atoms with Gasteiger partial charge in [0.1, 0.15) is 0 Å². The van der Waals surface area contributed by atoms with Crippen LogP contribution in [0.1, 0.15) is 5.56 Å². The predicted molar refractivity (Wildman–Crippen MR) is 87.3 cm³/mol. The maximum Gasteiger partial charge on any atom is 0.160 e. The Labute approximate surface area is 122 Å². The van der Waals surface area contributed by atoms with Gasteiger partial charge in [0, 0.05) is 18.0 Å². The first kappa shape index (κ1) is 12.0. The Morgan fingerprint density at radius 2 is 1.81 bits per heavy atom. The molecule has 2 aromatic heterocycles. The molecule has 0 aliphatic carbocycles. The van der Waals surface area contributed by atoms with E-state index >= 15 is 0 Å². The number of hydrogen-bond acceptors (Lipinski definition) is 2. The minimum atomic E-state index is 0.740. The van der Waals surface area contributed by atoms with Crippen molar-refractivity contribution < 1.29 is 0 Å². The number of nitrogens with two attached hydrogens (primary N) is 1. The van der Waals surface area contributed by atoms with E-state index < -0.39 is 0 Å². The van der Waals surface area contributed by atoms with Crippen LogP contribution in [0.2, 0.25) is 0 Å². The number of pyridine rings is 1. The Morgan fingerprint density at radius 1 is 1.00 bits per heavy atom. The van der Waals surface area contributed by atoms with Crippen molar-refractivity contribution in [2.24, 2.45) is 0 Å². The molecule has 0 spiro atoms. The molecule has 2 heterocycles. The molecule has 2 aromatic carbocycles. The van der Waals surface area contributed by atoms with Gasteiger partial charge in [-0.2, -0.15) is 0 Å². The molecule has 0 atom stereocenters. The molecular formula is C18H15N3. The molecule has 0 bridgehead atoms. The molecule has 0 saturated carbocycles. The predicted octanol–water partition coefficient (Wildman–Crippen LogP) is 4.05. The molecule has 0 aliphatic rings. The average Bonchev–Trinajstić information content (AvgIpc) is 2.95. The summed E-state index contributed by atoms with van der Waals surface area (Å²) in [5.41, 5.74) is 10.8. The number of fused-ring (bicyclic) bond motifs is 2. The largest absolute Gasteiger partial charge is 0.395 e. The van der Waals surface area contributed by atoms with Gasteiger partial charge in [-0.3, -0.25) is 0 Å². The van der Waals surface area contributed by atoms with Crippen molar-refractivity contribution in [2.45, 2.75) is 6.92 Å². The van der Waals surface area contributed by atoms with Gasteiger partial charge in [-0.1, -0.05) is 36.4 Å². The zero-order valence-electron chi connectivity index (χ0n) is 11.7. The van der Waals surface area contributed by atoms with Crippen molar-refractivity contribution in [3.05, 3.63) is 66.5 Å². The van der Waals surface area contributed by atoms with Crippen LogP contribution >= 0.6 is 0 Å². The third-order valence-corrected chi connectivity index (χ3v) is 3.93. The lowest BCUT2D eigenvalue weighted by atomic mass is 10.1. The molecule has 0 saturated heterocycles. The average molecular weight is 273 g/mol. The number of anilines is 1. The van der Waals surface area contributed by atoms with Gasteiger partial charge in [-0.25, -0.2) is 4.98 Å². The lowest BCUT2D eigenvalue weighted by molar-refractivity contribution is 1.17. The van der Waals surface area contributed by atoms with Crippen LogP contribution in [0.4, 0.5) is 5.69 Å². The van der Waals surface area contributed by atoms with Crippen LogP contribution in [0.25, 0.3) is 27.7 Å². The van der Waals surface area contributed by atoms with Crippen LogP contribution in [0.15, 0.2) is 60.9 Å². The van der Waals surface area contributed by atoms with E-state index in [9.17, 15) is 0 Å². The van der Waals surface area contributed by atoms with E-state index in [0.717, 1.165) is 28.2 Å². The van der Waals surface area contributed by atoms with Gasteiger partial charge in [-0.05, 0) is 35.4 Å². The van der Waals surface area contributed by atoms with Crippen molar-refractivity contribution in [1.82, 2.24) is 9.38 Å². The molecule has 0 fully saturated rings. The molecule has 2 N–H and O–H groups in total. The second kappa shape index (κ2) is 4.35. The first-order valence-corrected chi connectivity index (χ1v) is 6.95. The third kappa shape index (κ3) is 1.86. The van der Waals surface area contributed by atoms with Crippen molar-refractivity contribution in [2.75, 3.05) is 5.73 Å². The molecule has 0 radical (unpaired) electrons. The van der Waals surface area contributed by atoms with Crippen LogP contribution < -0.4 is 5.73 Å². The first-order valence-electron chi connectivity index (χ1n) is 6.95. The number of nitrogens with zero attached hydrogens (tertiary/aromatic N) is 2. The molecule has 3 heteroatoms. The fourth-order valence-electron chi connectivity index (χ4n) is 2.65. The maximum atomic E-state index is 6.12. The summed E-state index contributed by atoms with van der Waals surface area (Å²) in [5.74, 6) is 0. The second-order valence-corrected chi connectivity index (χ2v) is 5.33. The fraction of sp³-hybridized carbons (Fsp3) is 0.0556. The van der Waals surface area contributed by atoms with Gasteiger partial charge < -0.3 is 10.1 Å². The molecule has 21 heavy (non-hydrogen) atoms. The van der Waals surface area contributed by atoms with Crippen LogP contribution in [-0.2, 0) is 0 Å². The quantitative estimate of drug-likeness (QED) is 0.568. The lowest BCUT2D eigenvalue weighted by Gasteiger charge is -2.00. The summed E-state index contributed by atoms with van der Waals surface area (Å²) in [7, 11) is 0. The summed E-state index contributed by atoms with van der Waals surface area (Å²) in [6.07, 6.45) is 4.02. The fourth-order valence-corrected chi connectivity index (χ4v) is 2.65. The summed E-state index contributed by atoms with van der Waals surface area (Å²) < 4.78 is 1.98. The summed E-state index contributed by atoms with van der Waals surface area (Å²) >= 11 is 0. The van der Waals surface area contributed by atoms with E-state index in [0.29, 0.717) is 0 Å². The molecule has 102 valence electrons. The molecule has 0 unspecified atom stereocenters. The Balaban J connectivity index is 1.93. The highest BCUT2D eigenvalue weighted by Gasteiger charge is 2.08. The Hall–Kier alpha value is -2.81. The summed E-state index contributed by atoms with van der Waals surface area (Å²) in [4.78, 5) is 4.69. The van der Waals surface area contributed by atoms with E-state index in [-0.39, 0.29) is 0 Å². The molecular weight excluding hydrogens is 258 g/mol. The van der Waals surface area contributed by atoms with E-state index in [1.165, 1.54) is 10.8 Å². The van der Waals surface area contributed by atoms with E-state index in [2.05, 4.69) is 47.4 Å². The van der Waals surface area contributed by atoms with E-state index in [4.69, 9.17) is 5.73 Å². The standard InChI is InChI=1S/C18H15N3/c1-12-8-9-21-11-16(20-18(21)17(12)19)15-7-6-13-4-2-3-5-14(13)10-15/h2-11H,19H2,1H3. The van der Waals surface area contributed by atoms with Gasteiger partial charge in [0.2, 0.25) is 0 Å². The van der Waals surface area contributed by atoms with Crippen molar-refractivity contribution in [1.29, 1.82) is 0 Å². The molecule has 0 aliphatic heterocycles. The number of hydrogen-bond donors (Lipinski definition) is 1. The van der Waals surface area contributed by atoms with Crippen molar-refractivity contribution >= 4 is 22.1 Å². The summed E-state index contributed by atoms with van der Waals surface area (Å²) in [5, 5.41) is 2.46. The van der Waals surface area contributed by atoms with Crippen LogP contribution in [0, 0.1) is 6.92 Å². The van der Waals surface area contributed by atoms with E-state index in [1.54, 1.807) is 0 Å². The highest BCUT2D eigenvalue weighted by Crippen LogP contribution is 2.26. The molecule has 3 nitrogen and oxygen atoms in total. The van der Waals surface area contributed by atoms with Crippen LogP contribution in [0.3, 0.4) is 0 Å². The van der Waals surface area contributed by atoms with Crippen molar-refractivity contribution in [3.8, 4) is 11.3 Å². The number of imidazole rings is 1. The summed E-state index contributed by atoms with van der Waals surface area (Å²) in [6, 6.07) is 16.7. The molecule has 4 aromatic rings. The van der Waals surface area contributed by atoms with Gasteiger partial charge in [0.15, 0.2) is 5.65 Å². The highest BCUT2D eigenvalue weighted by atomic mass is 15.0. The zero-order chi connectivity index (χ0) is 14.4. The van der Waals surface area contributed by atoms with Crippen molar-refractivity contribution in [3.63, 3.8) is 0 Å². The van der Waals surface area contributed by atoms with Crippen LogP contribution in [0.5, 0.6) is 0 Å². The lowest BCUT2D eigenvalue weighted by Crippen LogP contribution is -1.94. The topological polar surface area (TPSA) is 43.3 Å². The van der Waals surface area contributed by atoms with Crippen LogP contribution in [-0.4, -0.2) is 9.38 Å². The van der Waals surface area contributed by atoms with Gasteiger partial charge in [0.25, 0.3) is 0 Å². The molecule has 0 amide bonds. The zero-order valence-corrected chi connectivity index (χ0v) is 11.7. The number of nitrogen functional groups attached to an aromatic ring is 1. The highest BCUT2D eigenvalue weighted by molar-refractivity contribution is 5.87. The number of aryl methyl sites for hydroxylation is 1. The normalized spacial score (nSPS) is 11.3. The van der Waals surface area contributed by atoms with Gasteiger partial charge >= 0.3 is 0 Å². The number of benzene rings is 2. The summed E-state index contributed by atoms with van der Waals surface area (Å²) in [6.45, 7) is 2.00. The Bertz CT molecular complexity index is 967. The third-order valence-electron chi connectivity index (χ3n) is 3.93. The second-order valence-electron chi connectivity index (χ2n) is 5.33. The molecule has 4 rings (SSSR count). The number of rotatable bonds is 1. The maximum absolute atomic E-state index is 6.12. The minimum absolute atomic E-state index is 0.740. The van der Waals surface area contributed by atoms with Gasteiger partial charge in [-0.15, -0.1) is 0 Å². The minimum Gasteiger partial charge on any atom is -0.395 e. The number of aromatic nitrogens is 2. The monoisotopic (exact) mass is 273 g/mol. The SMILES string of the molecule is Cc1ccn2cc(-c3ccc4ccccc4c3)nc2c1N. The first-order chi connectivity index (χ1) is 10.2. The van der Waals surface area contributed by atoms with E-state index in [1.807, 2.05) is 29.8 Å². The Kier molecular flexibility index (Phi) is 2.48. The smallest absolute Gasteiger partial charge is 0.160 e. The Morgan fingerprint density at radius 3 is 2.67 bits per heavy atom. The van der Waals surface area contributed by atoms with Gasteiger partial charge in [0.05, 0.1) is 11.4 Å².